The number of amides is 2. The van der Waals surface area contributed by atoms with Crippen molar-refractivity contribution in [3.8, 4) is 11.5 Å². The highest BCUT2D eigenvalue weighted by atomic mass is 35.5. The number of halogens is 1. The van der Waals surface area contributed by atoms with Gasteiger partial charge in [0.25, 0.3) is 23.2 Å². The first kappa shape index (κ1) is 26.6. The van der Waals surface area contributed by atoms with Crippen LogP contribution in [0.15, 0.2) is 66.4 Å². The number of carbonyl (C=O) groups excluding carboxylic acids is 2. The quantitative estimate of drug-likeness (QED) is 0.232. The van der Waals surface area contributed by atoms with Crippen molar-refractivity contribution in [2.45, 2.75) is 0 Å². The summed E-state index contributed by atoms with van der Waals surface area (Å²) in [4.78, 5) is 47.3. The first-order valence-corrected chi connectivity index (χ1v) is 10.8. The zero-order valence-corrected chi connectivity index (χ0v) is 20.1. The second-order valence-corrected chi connectivity index (χ2v) is 7.74. The Morgan fingerprint density at radius 3 is 2.22 bits per heavy atom. The Bertz CT molecular complexity index is 1420. The number of nitrogens with zero attached hydrogens (tertiary/aromatic N) is 2. The summed E-state index contributed by atoms with van der Waals surface area (Å²) in [5, 5.41) is 27.5. The van der Waals surface area contributed by atoms with Gasteiger partial charge in [0.05, 0.1) is 41.4 Å². The van der Waals surface area contributed by atoms with Crippen LogP contribution in [-0.2, 0) is 4.79 Å². The normalized spacial score (nSPS) is 10.8. The van der Waals surface area contributed by atoms with Crippen LogP contribution in [0.2, 0.25) is 5.02 Å². The van der Waals surface area contributed by atoms with Crippen molar-refractivity contribution in [1.82, 2.24) is 5.32 Å². The molecule has 37 heavy (non-hydrogen) atoms. The fourth-order valence-electron chi connectivity index (χ4n) is 3.19. The van der Waals surface area contributed by atoms with Crippen LogP contribution in [-0.4, -0.2) is 35.9 Å². The van der Waals surface area contributed by atoms with Crippen LogP contribution in [0.3, 0.4) is 0 Å². The molecule has 12 nitrogen and oxygen atoms in total. The van der Waals surface area contributed by atoms with E-state index >= 15 is 0 Å². The van der Waals surface area contributed by atoms with Crippen LogP contribution >= 0.6 is 11.6 Å². The predicted octanol–water partition coefficient (Wildman–Crippen LogP) is 4.58. The van der Waals surface area contributed by atoms with Crippen molar-refractivity contribution in [3.63, 3.8) is 0 Å². The Kier molecular flexibility index (Phi) is 8.38. The molecule has 3 aromatic carbocycles. The standard InChI is InChI=1S/C24H19ClN4O8/c1-36-21-9-6-15(25)12-18(21)23(30)27-20(11-14-4-3-5-16(10-14)28(32)33)24(31)26-19-8-7-17(29(34)35)13-22(19)37-2/h3-13H,1-2H3,(H,26,31)(H,27,30). The molecule has 3 rings (SSSR count). The Morgan fingerprint density at radius 2 is 1.57 bits per heavy atom. The molecule has 0 spiro atoms. The molecule has 0 atom stereocenters. The molecule has 2 N–H and O–H groups in total. The summed E-state index contributed by atoms with van der Waals surface area (Å²) in [6.07, 6.45) is 1.23. The number of hydrogen-bond acceptors (Lipinski definition) is 8. The van der Waals surface area contributed by atoms with Gasteiger partial charge in [-0.05, 0) is 35.9 Å². The van der Waals surface area contributed by atoms with E-state index < -0.39 is 21.7 Å². The molecule has 0 saturated heterocycles. The smallest absolute Gasteiger partial charge is 0.273 e. The van der Waals surface area contributed by atoms with Crippen LogP contribution < -0.4 is 20.1 Å². The number of anilines is 1. The Morgan fingerprint density at radius 1 is 0.892 bits per heavy atom. The van der Waals surface area contributed by atoms with Gasteiger partial charge in [0, 0.05) is 23.2 Å². The third kappa shape index (κ3) is 6.58. The summed E-state index contributed by atoms with van der Waals surface area (Å²) < 4.78 is 10.3. The van der Waals surface area contributed by atoms with E-state index in [-0.39, 0.29) is 50.4 Å². The van der Waals surface area contributed by atoms with Crippen LogP contribution in [0.5, 0.6) is 11.5 Å². The number of ether oxygens (including phenoxy) is 2. The number of non-ortho nitro benzene ring substituents is 2. The summed E-state index contributed by atoms with van der Waals surface area (Å²) in [7, 11) is 2.62. The Balaban J connectivity index is 2.02. The first-order chi connectivity index (χ1) is 17.6. The van der Waals surface area contributed by atoms with Gasteiger partial charge in [0.1, 0.15) is 17.2 Å². The maximum atomic E-state index is 13.2. The van der Waals surface area contributed by atoms with E-state index in [9.17, 15) is 29.8 Å². The van der Waals surface area contributed by atoms with Gasteiger partial charge in [-0.2, -0.15) is 0 Å². The molecule has 0 aliphatic carbocycles. The third-order valence-corrected chi connectivity index (χ3v) is 5.17. The summed E-state index contributed by atoms with van der Waals surface area (Å²) in [5.41, 5.74) is -0.434. The molecule has 0 bridgehead atoms. The highest BCUT2D eigenvalue weighted by Crippen LogP contribution is 2.29. The lowest BCUT2D eigenvalue weighted by Gasteiger charge is -2.14. The first-order valence-electron chi connectivity index (χ1n) is 10.4. The molecule has 0 aliphatic heterocycles. The topological polar surface area (TPSA) is 163 Å². The number of carbonyl (C=O) groups is 2. The molecule has 3 aromatic rings. The van der Waals surface area contributed by atoms with Gasteiger partial charge in [0.15, 0.2) is 0 Å². The van der Waals surface area contributed by atoms with Crippen molar-refractivity contribution >= 4 is 46.6 Å². The minimum atomic E-state index is -0.840. The molecule has 0 unspecified atom stereocenters. The SMILES string of the molecule is COc1cc([N+](=O)[O-])ccc1NC(=O)C(=Cc1cccc([N+](=O)[O-])c1)NC(=O)c1cc(Cl)ccc1OC. The van der Waals surface area contributed by atoms with E-state index in [0.717, 1.165) is 12.1 Å². The monoisotopic (exact) mass is 526 g/mol. The van der Waals surface area contributed by atoms with E-state index in [2.05, 4.69) is 10.6 Å². The van der Waals surface area contributed by atoms with Crippen molar-refractivity contribution in [2.24, 2.45) is 0 Å². The van der Waals surface area contributed by atoms with Crippen molar-refractivity contribution in [2.75, 3.05) is 19.5 Å². The minimum Gasteiger partial charge on any atom is -0.496 e. The van der Waals surface area contributed by atoms with Crippen LogP contribution in [0.25, 0.3) is 6.08 Å². The highest BCUT2D eigenvalue weighted by Gasteiger charge is 2.21. The van der Waals surface area contributed by atoms with E-state index in [1.807, 2.05) is 0 Å². The molecular weight excluding hydrogens is 508 g/mol. The largest absolute Gasteiger partial charge is 0.496 e. The summed E-state index contributed by atoms with van der Waals surface area (Å²) in [5.74, 6) is -1.40. The van der Waals surface area contributed by atoms with Crippen LogP contribution in [0.4, 0.5) is 17.1 Å². The fourth-order valence-corrected chi connectivity index (χ4v) is 3.36. The molecule has 2 amide bonds. The van der Waals surface area contributed by atoms with Crippen LogP contribution in [0, 0.1) is 20.2 Å². The molecule has 0 radical (unpaired) electrons. The van der Waals surface area contributed by atoms with Gasteiger partial charge in [-0.1, -0.05) is 23.7 Å². The minimum absolute atomic E-state index is 0.0000795. The average Bonchev–Trinajstić information content (AvgIpc) is 2.88. The number of rotatable bonds is 9. The summed E-state index contributed by atoms with van der Waals surface area (Å²) in [6.45, 7) is 0. The Labute approximate surface area is 214 Å². The van der Waals surface area contributed by atoms with E-state index in [4.69, 9.17) is 21.1 Å². The Hall–Kier alpha value is -4.97. The van der Waals surface area contributed by atoms with Gasteiger partial charge in [0.2, 0.25) is 0 Å². The number of nitrogens with one attached hydrogen (secondary N) is 2. The van der Waals surface area contributed by atoms with Crippen molar-refractivity contribution in [3.05, 3.63) is 103 Å². The van der Waals surface area contributed by atoms with Gasteiger partial charge in [-0.3, -0.25) is 29.8 Å². The molecule has 0 fully saturated rings. The second-order valence-electron chi connectivity index (χ2n) is 7.30. The zero-order valence-electron chi connectivity index (χ0n) is 19.4. The van der Waals surface area contributed by atoms with Crippen molar-refractivity contribution < 1.29 is 28.9 Å². The average molecular weight is 527 g/mol. The molecule has 190 valence electrons. The predicted molar refractivity (Wildman–Crippen MR) is 135 cm³/mol. The maximum absolute atomic E-state index is 13.2. The van der Waals surface area contributed by atoms with Gasteiger partial charge in [-0.25, -0.2) is 0 Å². The van der Waals surface area contributed by atoms with Crippen LogP contribution in [0.1, 0.15) is 15.9 Å². The number of nitro benzene ring substituents is 2. The molecular formula is C24H19ClN4O8. The highest BCUT2D eigenvalue weighted by molar-refractivity contribution is 6.31. The number of benzene rings is 3. The van der Waals surface area contributed by atoms with Gasteiger partial charge < -0.3 is 20.1 Å². The molecule has 0 heterocycles. The lowest BCUT2D eigenvalue weighted by atomic mass is 10.1. The van der Waals surface area contributed by atoms with Crippen molar-refractivity contribution in [1.29, 1.82) is 0 Å². The number of nitro groups is 2. The lowest BCUT2D eigenvalue weighted by molar-refractivity contribution is -0.385. The molecule has 0 aliphatic rings. The fraction of sp³-hybridized carbons (Fsp3) is 0.0833. The summed E-state index contributed by atoms with van der Waals surface area (Å²) in [6, 6.07) is 13.3. The van der Waals surface area contributed by atoms with Gasteiger partial charge >= 0.3 is 0 Å². The molecule has 13 heteroatoms. The lowest BCUT2D eigenvalue weighted by Crippen LogP contribution is -2.31. The maximum Gasteiger partial charge on any atom is 0.273 e. The molecule has 0 saturated carbocycles. The third-order valence-electron chi connectivity index (χ3n) is 4.94. The molecule has 0 aromatic heterocycles. The second kappa shape index (κ2) is 11.6. The summed E-state index contributed by atoms with van der Waals surface area (Å²) >= 11 is 6.01. The van der Waals surface area contributed by atoms with E-state index in [1.165, 1.54) is 68.8 Å². The number of methoxy groups -OCH3 is 2. The van der Waals surface area contributed by atoms with E-state index in [1.54, 1.807) is 0 Å². The zero-order chi connectivity index (χ0) is 27.1. The number of hydrogen-bond donors (Lipinski definition) is 2. The van der Waals surface area contributed by atoms with E-state index in [0.29, 0.717) is 0 Å². The van der Waals surface area contributed by atoms with Gasteiger partial charge in [-0.15, -0.1) is 0 Å².